The van der Waals surface area contributed by atoms with E-state index < -0.39 is 0 Å². The Morgan fingerprint density at radius 3 is 2.83 bits per heavy atom. The first-order valence-electron chi connectivity index (χ1n) is 8.59. The van der Waals surface area contributed by atoms with Crippen LogP contribution in [-0.4, -0.2) is 17.6 Å². The van der Waals surface area contributed by atoms with Crippen molar-refractivity contribution in [3.8, 4) is 0 Å². The molecule has 122 valence electrons. The number of H-pyrrole nitrogens is 1. The van der Waals surface area contributed by atoms with Crippen LogP contribution < -0.4 is 0 Å². The maximum Gasteiger partial charge on any atom is 0.313 e. The minimum Gasteiger partial charge on any atom is -0.466 e. The Kier molecular flexibility index (Phi) is 4.56. The lowest BCUT2D eigenvalue weighted by Crippen LogP contribution is -2.22. The summed E-state index contributed by atoms with van der Waals surface area (Å²) in [4.78, 5) is 15.5. The van der Waals surface area contributed by atoms with Crippen molar-refractivity contribution in [1.29, 1.82) is 0 Å². The van der Waals surface area contributed by atoms with E-state index in [1.165, 1.54) is 22.0 Å². The summed E-state index contributed by atoms with van der Waals surface area (Å²) in [6.07, 6.45) is 7.28. The summed E-state index contributed by atoms with van der Waals surface area (Å²) in [5.74, 6) is 0.232. The predicted octanol–water partition coefficient (Wildman–Crippen LogP) is 4.73. The van der Waals surface area contributed by atoms with Crippen LogP contribution in [0.25, 0.3) is 10.9 Å². The van der Waals surface area contributed by atoms with Gasteiger partial charge in [0.05, 0.1) is 12.5 Å². The number of allylic oxidation sites excluding steroid dienone is 1. The minimum absolute atomic E-state index is 0.0670. The monoisotopic (exact) mass is 311 g/mol. The highest BCUT2D eigenvalue weighted by Gasteiger charge is 2.28. The van der Waals surface area contributed by atoms with Crippen molar-refractivity contribution in [1.82, 2.24) is 4.98 Å². The molecular formula is C20H25NO2. The lowest BCUT2D eigenvalue weighted by Gasteiger charge is -2.25. The number of hydrogen-bond acceptors (Lipinski definition) is 2. The Bertz CT molecular complexity index is 741. The van der Waals surface area contributed by atoms with Gasteiger partial charge in [-0.3, -0.25) is 4.79 Å². The fraction of sp³-hybridized carbons (Fsp3) is 0.450. The molecule has 0 saturated heterocycles. The van der Waals surface area contributed by atoms with Gasteiger partial charge in [0, 0.05) is 23.0 Å². The van der Waals surface area contributed by atoms with Crippen molar-refractivity contribution < 1.29 is 9.53 Å². The van der Waals surface area contributed by atoms with Crippen LogP contribution in [0.1, 0.15) is 50.7 Å². The molecule has 3 nitrogen and oxygen atoms in total. The second kappa shape index (κ2) is 6.61. The van der Waals surface area contributed by atoms with Crippen molar-refractivity contribution >= 4 is 16.9 Å². The van der Waals surface area contributed by atoms with Crippen LogP contribution in [0.5, 0.6) is 0 Å². The number of aromatic amines is 1. The maximum absolute atomic E-state index is 12.0. The summed E-state index contributed by atoms with van der Waals surface area (Å²) in [5, 5.41) is 1.31. The van der Waals surface area contributed by atoms with Crippen molar-refractivity contribution in [2.75, 3.05) is 6.61 Å². The van der Waals surface area contributed by atoms with Crippen LogP contribution in [0.4, 0.5) is 0 Å². The number of benzene rings is 1. The summed E-state index contributed by atoms with van der Waals surface area (Å²) >= 11 is 0. The van der Waals surface area contributed by atoms with Crippen LogP contribution in [0.3, 0.4) is 0 Å². The summed E-state index contributed by atoms with van der Waals surface area (Å²) in [5.41, 5.74) is 5.09. The Morgan fingerprint density at radius 1 is 1.30 bits per heavy atom. The number of rotatable bonds is 4. The van der Waals surface area contributed by atoms with Crippen LogP contribution in [0.15, 0.2) is 36.0 Å². The van der Waals surface area contributed by atoms with Crippen molar-refractivity contribution in [3.63, 3.8) is 0 Å². The van der Waals surface area contributed by atoms with Gasteiger partial charge in [-0.05, 0) is 44.2 Å². The number of esters is 1. The van der Waals surface area contributed by atoms with Crippen LogP contribution in [0, 0.1) is 5.92 Å². The number of para-hydroxylation sites is 1. The van der Waals surface area contributed by atoms with Gasteiger partial charge in [-0.1, -0.05) is 36.8 Å². The molecule has 1 aliphatic carbocycles. The second-order valence-electron chi connectivity index (χ2n) is 6.34. The summed E-state index contributed by atoms with van der Waals surface area (Å²) < 4.78 is 5.19. The van der Waals surface area contributed by atoms with Gasteiger partial charge in [-0.2, -0.15) is 0 Å². The second-order valence-corrected chi connectivity index (χ2v) is 6.34. The lowest BCUT2D eigenvalue weighted by atomic mass is 9.80. The number of hydrogen-bond donors (Lipinski definition) is 1. The van der Waals surface area contributed by atoms with E-state index in [-0.39, 0.29) is 11.9 Å². The third-order valence-corrected chi connectivity index (χ3v) is 4.97. The number of aromatic nitrogens is 1. The zero-order valence-electron chi connectivity index (χ0n) is 14.2. The molecule has 1 heterocycles. The summed E-state index contributed by atoms with van der Waals surface area (Å²) in [6, 6.07) is 6.52. The molecule has 3 rings (SSSR count). The first-order chi connectivity index (χ1) is 11.2. The highest BCUT2D eigenvalue weighted by molar-refractivity contribution is 5.87. The predicted molar refractivity (Wildman–Crippen MR) is 93.5 cm³/mol. The minimum atomic E-state index is -0.0769. The largest absolute Gasteiger partial charge is 0.466 e. The number of carbonyl (C=O) groups is 1. The highest BCUT2D eigenvalue weighted by Crippen LogP contribution is 2.38. The van der Waals surface area contributed by atoms with Gasteiger partial charge in [-0.15, -0.1) is 0 Å². The van der Waals surface area contributed by atoms with Gasteiger partial charge in [0.15, 0.2) is 0 Å². The Hall–Kier alpha value is -2.03. The fourth-order valence-electron chi connectivity index (χ4n) is 3.72. The summed E-state index contributed by atoms with van der Waals surface area (Å²) in [6.45, 7) is 6.55. The molecule has 2 aromatic rings. The average Bonchev–Trinajstić information content (AvgIpc) is 2.98. The molecule has 23 heavy (non-hydrogen) atoms. The van der Waals surface area contributed by atoms with Gasteiger partial charge in [-0.25, -0.2) is 0 Å². The molecule has 0 bridgehead atoms. The quantitative estimate of drug-likeness (QED) is 0.655. The van der Waals surface area contributed by atoms with E-state index in [0.29, 0.717) is 12.5 Å². The van der Waals surface area contributed by atoms with Crippen LogP contribution >= 0.6 is 0 Å². The van der Waals surface area contributed by atoms with Gasteiger partial charge in [0.25, 0.3) is 0 Å². The van der Waals surface area contributed by atoms with Crippen LogP contribution in [-0.2, 0) is 16.0 Å². The van der Waals surface area contributed by atoms with E-state index in [1.807, 2.05) is 6.92 Å². The van der Waals surface area contributed by atoms with Crippen LogP contribution in [0.2, 0.25) is 0 Å². The zero-order chi connectivity index (χ0) is 16.4. The normalized spacial score (nSPS) is 21.3. The third-order valence-electron chi connectivity index (χ3n) is 4.97. The van der Waals surface area contributed by atoms with E-state index >= 15 is 0 Å². The van der Waals surface area contributed by atoms with E-state index in [4.69, 9.17) is 4.74 Å². The molecule has 0 aliphatic heterocycles. The molecule has 0 saturated carbocycles. The molecule has 2 atom stereocenters. The number of fused-ring (bicyclic) bond motifs is 1. The third kappa shape index (κ3) is 2.92. The first kappa shape index (κ1) is 15.9. The Morgan fingerprint density at radius 2 is 2.13 bits per heavy atom. The standard InChI is InChI=1S/C20H25NO2/c1-4-14-7-6-8-17-18(12-21-19(14)17)15-9-10-16(13(3)11-15)20(22)23-5-2/h6-8,11-12,15-16,21H,4-5,9-10H2,1-3H3. The van der Waals surface area contributed by atoms with Gasteiger partial charge >= 0.3 is 5.97 Å². The van der Waals surface area contributed by atoms with E-state index in [9.17, 15) is 4.79 Å². The first-order valence-corrected chi connectivity index (χ1v) is 8.59. The number of nitrogens with one attached hydrogen (secondary N) is 1. The molecule has 2 unspecified atom stereocenters. The Labute approximate surface area is 137 Å². The highest BCUT2D eigenvalue weighted by atomic mass is 16.5. The molecule has 1 aliphatic rings. The molecule has 0 fully saturated rings. The SMILES string of the molecule is CCOC(=O)C1CCC(c2c[nH]c3c(CC)cccc23)C=C1C. The lowest BCUT2D eigenvalue weighted by molar-refractivity contribution is -0.147. The molecule has 1 N–H and O–H groups in total. The number of ether oxygens (including phenoxy) is 1. The van der Waals surface area contributed by atoms with E-state index in [0.717, 1.165) is 24.8 Å². The molecule has 0 radical (unpaired) electrons. The molecule has 1 aromatic carbocycles. The van der Waals surface area contributed by atoms with Gasteiger partial charge in [0.1, 0.15) is 0 Å². The molecular weight excluding hydrogens is 286 g/mol. The zero-order valence-corrected chi connectivity index (χ0v) is 14.2. The molecule has 0 amide bonds. The van der Waals surface area contributed by atoms with Gasteiger partial charge < -0.3 is 9.72 Å². The number of aryl methyl sites for hydroxylation is 1. The van der Waals surface area contributed by atoms with Crippen molar-refractivity contribution in [2.45, 2.75) is 46.0 Å². The van der Waals surface area contributed by atoms with Gasteiger partial charge in [0.2, 0.25) is 0 Å². The topological polar surface area (TPSA) is 42.1 Å². The molecule has 0 spiro atoms. The maximum atomic E-state index is 12.0. The fourth-order valence-corrected chi connectivity index (χ4v) is 3.72. The van der Waals surface area contributed by atoms with Crippen molar-refractivity contribution in [3.05, 3.63) is 47.2 Å². The molecule has 3 heteroatoms. The number of carbonyl (C=O) groups excluding carboxylic acids is 1. The van der Waals surface area contributed by atoms with E-state index in [2.05, 4.69) is 49.3 Å². The smallest absolute Gasteiger partial charge is 0.313 e. The summed E-state index contributed by atoms with van der Waals surface area (Å²) in [7, 11) is 0. The van der Waals surface area contributed by atoms with Crippen molar-refractivity contribution in [2.24, 2.45) is 5.92 Å². The Balaban J connectivity index is 1.91. The average molecular weight is 311 g/mol. The molecule has 1 aromatic heterocycles. The van der Waals surface area contributed by atoms with E-state index in [1.54, 1.807) is 0 Å².